The Morgan fingerprint density at radius 1 is 1.05 bits per heavy atom. The molecule has 1 aromatic carbocycles. The number of hydrogen-bond acceptors (Lipinski definition) is 8. The van der Waals surface area contributed by atoms with E-state index in [9.17, 15) is 24.0 Å². The van der Waals surface area contributed by atoms with Gasteiger partial charge in [-0.1, -0.05) is 44.2 Å². The molecule has 3 aromatic rings. The van der Waals surface area contributed by atoms with E-state index in [4.69, 9.17) is 0 Å². The van der Waals surface area contributed by atoms with E-state index in [0.717, 1.165) is 10.2 Å². The van der Waals surface area contributed by atoms with Gasteiger partial charge < -0.3 is 21.3 Å². The first-order valence-electron chi connectivity index (χ1n) is 14.3. The molecule has 0 unspecified atom stereocenters. The average Bonchev–Trinajstić information content (AvgIpc) is 3.46. The highest BCUT2D eigenvalue weighted by molar-refractivity contribution is 7.09. The number of aromatic nitrogens is 3. The Hall–Kier alpha value is -4.39. The summed E-state index contributed by atoms with van der Waals surface area (Å²) in [6.07, 6.45) is 1.68. The van der Waals surface area contributed by atoms with Crippen molar-refractivity contribution in [3.8, 4) is 0 Å². The number of benzene rings is 1. The first-order chi connectivity index (χ1) is 20.6. The number of thiazole rings is 1. The molecule has 3 heterocycles. The summed E-state index contributed by atoms with van der Waals surface area (Å²) in [4.78, 5) is 69.4. The number of aryl methyl sites for hydroxylation is 1. The number of amides is 4. The number of nitrogens with zero attached hydrogens (tertiary/aromatic N) is 3. The zero-order valence-corrected chi connectivity index (χ0v) is 25.3. The van der Waals surface area contributed by atoms with Crippen LogP contribution in [0.15, 0.2) is 52.6 Å². The molecule has 2 aromatic heterocycles. The van der Waals surface area contributed by atoms with Crippen LogP contribution in [0.2, 0.25) is 0 Å². The van der Waals surface area contributed by atoms with E-state index in [1.54, 1.807) is 18.4 Å². The number of carbonyl (C=O) groups excluding carboxylic acids is 4. The second-order valence-electron chi connectivity index (χ2n) is 10.9. The van der Waals surface area contributed by atoms with Gasteiger partial charge in [0.1, 0.15) is 29.3 Å². The largest absolute Gasteiger partial charge is 0.354 e. The van der Waals surface area contributed by atoms with Crippen molar-refractivity contribution in [3.63, 3.8) is 0 Å². The zero-order chi connectivity index (χ0) is 30.9. The molecule has 4 N–H and O–H groups in total. The molecule has 4 rings (SSSR count). The molecular formula is C30H37N7O5S. The summed E-state index contributed by atoms with van der Waals surface area (Å²) < 4.78 is 1.05. The number of rotatable bonds is 6. The SMILES string of the molecule is Cc1ccc(=O)n(CC(=O)N[C@H]2CCCCNC(=O)[C@@H](Cc3ccccc3)NC(=O)c3csc(n3)[C@@H](C(C)C)NC2=O)n1. The van der Waals surface area contributed by atoms with Crippen LogP contribution in [0, 0.1) is 12.8 Å². The third-order valence-corrected chi connectivity index (χ3v) is 7.98. The summed E-state index contributed by atoms with van der Waals surface area (Å²) in [7, 11) is 0. The molecule has 2 bridgehead atoms. The van der Waals surface area contributed by atoms with Gasteiger partial charge in [0.05, 0.1) is 11.7 Å². The Morgan fingerprint density at radius 2 is 1.81 bits per heavy atom. The van der Waals surface area contributed by atoms with Crippen molar-refractivity contribution < 1.29 is 19.2 Å². The first kappa shape index (κ1) is 31.5. The summed E-state index contributed by atoms with van der Waals surface area (Å²) >= 11 is 1.24. The Labute approximate surface area is 253 Å². The fourth-order valence-corrected chi connectivity index (χ4v) is 5.73. The summed E-state index contributed by atoms with van der Waals surface area (Å²) in [5, 5.41) is 17.7. The predicted octanol–water partition coefficient (Wildman–Crippen LogP) is 1.65. The Balaban J connectivity index is 1.55. The van der Waals surface area contributed by atoms with Crippen LogP contribution in [0.3, 0.4) is 0 Å². The molecule has 0 saturated heterocycles. The van der Waals surface area contributed by atoms with E-state index in [1.807, 2.05) is 44.2 Å². The van der Waals surface area contributed by atoms with Gasteiger partial charge in [0, 0.05) is 24.4 Å². The van der Waals surface area contributed by atoms with Crippen LogP contribution in [0.5, 0.6) is 0 Å². The van der Waals surface area contributed by atoms with E-state index >= 15 is 0 Å². The summed E-state index contributed by atoms with van der Waals surface area (Å²) in [5.74, 6) is -1.81. The normalized spacial score (nSPS) is 20.2. The van der Waals surface area contributed by atoms with Crippen LogP contribution in [-0.2, 0) is 27.3 Å². The monoisotopic (exact) mass is 607 g/mol. The lowest BCUT2D eigenvalue weighted by molar-refractivity contribution is -0.130. The van der Waals surface area contributed by atoms with Crippen molar-refractivity contribution in [1.82, 2.24) is 36.0 Å². The topological polar surface area (TPSA) is 164 Å². The molecule has 228 valence electrons. The predicted molar refractivity (Wildman–Crippen MR) is 161 cm³/mol. The highest BCUT2D eigenvalue weighted by Crippen LogP contribution is 2.25. The number of nitrogens with one attached hydrogen (secondary N) is 4. The van der Waals surface area contributed by atoms with Gasteiger partial charge in [0.15, 0.2) is 0 Å². The number of hydrogen-bond donors (Lipinski definition) is 4. The lowest BCUT2D eigenvalue weighted by Gasteiger charge is -2.25. The van der Waals surface area contributed by atoms with Crippen LogP contribution in [0.4, 0.5) is 0 Å². The van der Waals surface area contributed by atoms with Gasteiger partial charge in [-0.25, -0.2) is 9.67 Å². The van der Waals surface area contributed by atoms with Crippen LogP contribution < -0.4 is 26.8 Å². The first-order valence-corrected chi connectivity index (χ1v) is 15.2. The smallest absolute Gasteiger partial charge is 0.271 e. The Kier molecular flexibility index (Phi) is 10.8. The average molecular weight is 608 g/mol. The lowest BCUT2D eigenvalue weighted by atomic mass is 10.0. The minimum Gasteiger partial charge on any atom is -0.354 e. The van der Waals surface area contributed by atoms with Crippen LogP contribution in [0.25, 0.3) is 0 Å². The van der Waals surface area contributed by atoms with Crippen molar-refractivity contribution >= 4 is 35.0 Å². The third-order valence-electron chi connectivity index (χ3n) is 7.05. The number of fused-ring (bicyclic) bond motifs is 2. The maximum absolute atomic E-state index is 13.5. The highest BCUT2D eigenvalue weighted by Gasteiger charge is 2.29. The standard InChI is InChI=1S/C30H37N7O5S/c1-18(2)26-30-34-23(17-43-30)29(42)33-22(15-20-9-5-4-6-10-20)27(40)31-14-8-7-11-21(28(41)35-26)32-24(38)16-37-25(39)13-12-19(3)36-37/h4-6,9-10,12-13,17-18,21-22,26H,7-8,11,14-16H2,1-3H3,(H,31,40)(H,32,38)(H,33,42)(H,35,41)/t21-,22+,26+/m0/s1. The quantitative estimate of drug-likeness (QED) is 0.331. The van der Waals surface area contributed by atoms with Crippen molar-refractivity contribution in [2.45, 2.75) is 71.1 Å². The second-order valence-corrected chi connectivity index (χ2v) is 11.8. The van der Waals surface area contributed by atoms with Gasteiger partial charge in [-0.3, -0.25) is 24.0 Å². The van der Waals surface area contributed by atoms with Crippen LogP contribution in [-0.4, -0.2) is 57.0 Å². The summed E-state index contributed by atoms with van der Waals surface area (Å²) in [6.45, 7) is 5.55. The maximum atomic E-state index is 13.5. The molecule has 0 fully saturated rings. The van der Waals surface area contributed by atoms with Gasteiger partial charge in [0.25, 0.3) is 11.5 Å². The zero-order valence-electron chi connectivity index (χ0n) is 24.5. The molecule has 1 aliphatic rings. The van der Waals surface area contributed by atoms with Crippen molar-refractivity contribution in [1.29, 1.82) is 0 Å². The molecule has 13 heteroatoms. The summed E-state index contributed by atoms with van der Waals surface area (Å²) in [6, 6.07) is 10.1. The molecule has 3 atom stereocenters. The molecule has 0 saturated carbocycles. The van der Waals surface area contributed by atoms with Crippen LogP contribution in [0.1, 0.15) is 65.9 Å². The maximum Gasteiger partial charge on any atom is 0.271 e. The van der Waals surface area contributed by atoms with E-state index in [0.29, 0.717) is 42.9 Å². The second kappa shape index (κ2) is 14.7. The molecule has 12 nitrogen and oxygen atoms in total. The lowest BCUT2D eigenvalue weighted by Crippen LogP contribution is -2.50. The fraction of sp³-hybridized carbons (Fsp3) is 0.433. The third kappa shape index (κ3) is 8.80. The van der Waals surface area contributed by atoms with Gasteiger partial charge >= 0.3 is 0 Å². The molecule has 0 aliphatic carbocycles. The molecular weight excluding hydrogens is 570 g/mol. The molecule has 0 spiro atoms. The Morgan fingerprint density at radius 3 is 2.56 bits per heavy atom. The molecule has 1 aliphatic heterocycles. The van der Waals surface area contributed by atoms with Gasteiger partial charge in [0.2, 0.25) is 17.7 Å². The van der Waals surface area contributed by atoms with Crippen molar-refractivity contribution in [3.05, 3.63) is 80.2 Å². The highest BCUT2D eigenvalue weighted by atomic mass is 32.1. The van der Waals surface area contributed by atoms with Crippen LogP contribution >= 0.6 is 11.3 Å². The Bertz CT molecular complexity index is 1500. The van der Waals surface area contributed by atoms with Crippen molar-refractivity contribution in [2.75, 3.05) is 6.54 Å². The van der Waals surface area contributed by atoms with E-state index in [-0.39, 0.29) is 24.1 Å². The van der Waals surface area contributed by atoms with E-state index in [2.05, 4.69) is 31.3 Å². The van der Waals surface area contributed by atoms with Crippen molar-refractivity contribution in [2.24, 2.45) is 5.92 Å². The van der Waals surface area contributed by atoms with Gasteiger partial charge in [-0.15, -0.1) is 11.3 Å². The molecule has 0 radical (unpaired) electrons. The van der Waals surface area contributed by atoms with Gasteiger partial charge in [-0.05, 0) is 43.7 Å². The minimum absolute atomic E-state index is 0.0760. The van der Waals surface area contributed by atoms with E-state index in [1.165, 1.54) is 17.4 Å². The molecule has 43 heavy (non-hydrogen) atoms. The van der Waals surface area contributed by atoms with E-state index < -0.39 is 41.4 Å². The number of carbonyl (C=O) groups is 4. The van der Waals surface area contributed by atoms with Gasteiger partial charge in [-0.2, -0.15) is 5.10 Å². The fourth-order valence-electron chi connectivity index (χ4n) is 4.71. The summed E-state index contributed by atoms with van der Waals surface area (Å²) in [5.41, 5.74) is 1.21. The molecule has 4 amide bonds. The minimum atomic E-state index is -0.897.